The van der Waals surface area contributed by atoms with Gasteiger partial charge in [0.15, 0.2) is 0 Å². The Morgan fingerprint density at radius 1 is 1.44 bits per heavy atom. The van der Waals surface area contributed by atoms with E-state index in [4.69, 9.17) is 9.47 Å². The monoisotopic (exact) mass is 311 g/mol. The van der Waals surface area contributed by atoms with Crippen molar-refractivity contribution in [3.05, 3.63) is 22.2 Å². The maximum atomic E-state index is 10.5. The first-order chi connectivity index (χ1) is 8.66. The molecule has 96 valence electrons. The maximum absolute atomic E-state index is 10.5. The van der Waals surface area contributed by atoms with E-state index in [0.29, 0.717) is 18.1 Å². The highest BCUT2D eigenvalue weighted by Crippen LogP contribution is 2.53. The molecule has 0 N–H and O–H groups in total. The molecule has 5 heteroatoms. The van der Waals surface area contributed by atoms with Gasteiger partial charge in [0.25, 0.3) is 0 Å². The minimum atomic E-state index is -0.443. The SMILES string of the molecule is CCOc1cc(OC)c(Br)cc1C1(N=C=O)CC1. The second-order valence-corrected chi connectivity index (χ2v) is 5.00. The number of benzene rings is 1. The molecule has 1 saturated carbocycles. The van der Waals surface area contributed by atoms with Crippen LogP contribution in [0.2, 0.25) is 0 Å². The van der Waals surface area contributed by atoms with Gasteiger partial charge in [-0.2, -0.15) is 4.99 Å². The summed E-state index contributed by atoms with van der Waals surface area (Å²) in [6, 6.07) is 3.74. The molecule has 0 spiro atoms. The second-order valence-electron chi connectivity index (χ2n) is 4.15. The lowest BCUT2D eigenvalue weighted by Crippen LogP contribution is -2.07. The third-order valence-corrected chi connectivity index (χ3v) is 3.66. The molecule has 1 aromatic rings. The predicted octanol–water partition coefficient (Wildman–Crippen LogP) is 3.18. The normalized spacial score (nSPS) is 15.7. The van der Waals surface area contributed by atoms with Gasteiger partial charge in [0.05, 0.1) is 18.2 Å². The molecule has 2 rings (SSSR count). The third-order valence-electron chi connectivity index (χ3n) is 3.04. The van der Waals surface area contributed by atoms with Crippen molar-refractivity contribution in [3.63, 3.8) is 0 Å². The van der Waals surface area contributed by atoms with Crippen molar-refractivity contribution in [1.29, 1.82) is 0 Å². The standard InChI is InChI=1S/C13H14BrNO3/c1-3-18-11-7-12(17-2)10(14)6-9(11)13(4-5-13)15-8-16/h6-7H,3-5H2,1-2H3. The Hall–Kier alpha value is -1.32. The van der Waals surface area contributed by atoms with E-state index in [-0.39, 0.29) is 0 Å². The average Bonchev–Trinajstić information content (AvgIpc) is 3.12. The van der Waals surface area contributed by atoms with Crippen LogP contribution >= 0.6 is 15.9 Å². The van der Waals surface area contributed by atoms with Crippen LogP contribution in [0.3, 0.4) is 0 Å². The minimum Gasteiger partial charge on any atom is -0.495 e. The smallest absolute Gasteiger partial charge is 0.235 e. The zero-order chi connectivity index (χ0) is 13.2. The topological polar surface area (TPSA) is 47.9 Å². The van der Waals surface area contributed by atoms with Crippen molar-refractivity contribution in [1.82, 2.24) is 0 Å². The number of isocyanates is 1. The second kappa shape index (κ2) is 5.12. The minimum absolute atomic E-state index is 0.443. The van der Waals surface area contributed by atoms with Gasteiger partial charge in [-0.1, -0.05) is 0 Å². The first-order valence-corrected chi connectivity index (χ1v) is 6.56. The summed E-state index contributed by atoms with van der Waals surface area (Å²) in [7, 11) is 1.60. The van der Waals surface area contributed by atoms with Crippen LogP contribution in [0.25, 0.3) is 0 Å². The van der Waals surface area contributed by atoms with Crippen molar-refractivity contribution in [2.24, 2.45) is 4.99 Å². The quantitative estimate of drug-likeness (QED) is 0.620. The zero-order valence-electron chi connectivity index (χ0n) is 10.3. The fraction of sp³-hybridized carbons (Fsp3) is 0.462. The maximum Gasteiger partial charge on any atom is 0.235 e. The fourth-order valence-electron chi connectivity index (χ4n) is 1.98. The van der Waals surface area contributed by atoms with Gasteiger partial charge < -0.3 is 9.47 Å². The number of carbonyl (C=O) groups excluding carboxylic acids is 1. The summed E-state index contributed by atoms with van der Waals surface area (Å²) in [5, 5.41) is 0. The van der Waals surface area contributed by atoms with Gasteiger partial charge in [-0.15, -0.1) is 0 Å². The summed E-state index contributed by atoms with van der Waals surface area (Å²) in [4.78, 5) is 14.5. The summed E-state index contributed by atoms with van der Waals surface area (Å²) in [5.74, 6) is 1.42. The lowest BCUT2D eigenvalue weighted by atomic mass is 10.0. The molecule has 0 aliphatic heterocycles. The molecule has 1 aliphatic rings. The largest absolute Gasteiger partial charge is 0.495 e. The lowest BCUT2D eigenvalue weighted by Gasteiger charge is -2.17. The van der Waals surface area contributed by atoms with Crippen LogP contribution in [0.4, 0.5) is 0 Å². The Morgan fingerprint density at radius 2 is 2.17 bits per heavy atom. The Kier molecular flexibility index (Phi) is 3.73. The van der Waals surface area contributed by atoms with Crippen molar-refractivity contribution < 1.29 is 14.3 Å². The van der Waals surface area contributed by atoms with Gasteiger partial charge in [0.2, 0.25) is 6.08 Å². The van der Waals surface area contributed by atoms with Crippen LogP contribution < -0.4 is 9.47 Å². The Balaban J connectivity index is 2.51. The first-order valence-electron chi connectivity index (χ1n) is 5.76. The van der Waals surface area contributed by atoms with Crippen molar-refractivity contribution in [2.75, 3.05) is 13.7 Å². The highest BCUT2D eigenvalue weighted by Gasteiger charge is 2.47. The van der Waals surface area contributed by atoms with E-state index in [1.165, 1.54) is 0 Å². The van der Waals surface area contributed by atoms with Crippen molar-refractivity contribution in [3.8, 4) is 11.5 Å². The average molecular weight is 312 g/mol. The summed E-state index contributed by atoms with van der Waals surface area (Å²) in [6.45, 7) is 2.47. The molecule has 4 nitrogen and oxygen atoms in total. The van der Waals surface area contributed by atoms with E-state index < -0.39 is 5.54 Å². The summed E-state index contributed by atoms with van der Waals surface area (Å²) < 4.78 is 11.7. The van der Waals surface area contributed by atoms with Crippen LogP contribution in [-0.4, -0.2) is 19.8 Å². The van der Waals surface area contributed by atoms with Gasteiger partial charge in [-0.25, -0.2) is 4.79 Å². The van der Waals surface area contributed by atoms with E-state index in [0.717, 1.165) is 22.9 Å². The summed E-state index contributed by atoms with van der Waals surface area (Å²) in [5.41, 5.74) is 0.474. The molecule has 0 atom stereocenters. The number of halogens is 1. The molecule has 18 heavy (non-hydrogen) atoms. The molecular weight excluding hydrogens is 298 g/mol. The molecule has 1 aliphatic carbocycles. The van der Waals surface area contributed by atoms with E-state index in [1.807, 2.05) is 19.1 Å². The molecule has 0 heterocycles. The number of rotatable bonds is 5. The van der Waals surface area contributed by atoms with Gasteiger partial charge in [-0.3, -0.25) is 0 Å². The lowest BCUT2D eigenvalue weighted by molar-refractivity contribution is 0.329. The Bertz CT molecular complexity index is 505. The van der Waals surface area contributed by atoms with Gasteiger partial charge in [0.1, 0.15) is 17.0 Å². The molecule has 0 aromatic heterocycles. The molecule has 0 bridgehead atoms. The van der Waals surface area contributed by atoms with E-state index in [2.05, 4.69) is 20.9 Å². The Labute approximate surface area is 114 Å². The highest BCUT2D eigenvalue weighted by molar-refractivity contribution is 9.10. The molecule has 0 radical (unpaired) electrons. The van der Waals surface area contributed by atoms with Crippen LogP contribution in [0.1, 0.15) is 25.3 Å². The molecule has 0 unspecified atom stereocenters. The molecule has 0 saturated heterocycles. The molecule has 1 aromatic carbocycles. The van der Waals surface area contributed by atoms with Crippen molar-refractivity contribution in [2.45, 2.75) is 25.3 Å². The Morgan fingerprint density at radius 3 is 2.67 bits per heavy atom. The van der Waals surface area contributed by atoms with Gasteiger partial charge >= 0.3 is 0 Å². The first kappa shape index (κ1) is 13.1. The van der Waals surface area contributed by atoms with E-state index in [9.17, 15) is 4.79 Å². The van der Waals surface area contributed by atoms with Crippen LogP contribution in [0, 0.1) is 0 Å². The fourth-order valence-corrected chi connectivity index (χ4v) is 2.48. The number of aliphatic imine (C=N–C) groups is 1. The van der Waals surface area contributed by atoms with Crippen LogP contribution in [-0.2, 0) is 10.3 Å². The summed E-state index contributed by atoms with van der Waals surface area (Å²) >= 11 is 3.44. The molecular formula is C13H14BrNO3. The van der Waals surface area contributed by atoms with Crippen molar-refractivity contribution >= 4 is 22.0 Å². The van der Waals surface area contributed by atoms with Crippen LogP contribution in [0.5, 0.6) is 11.5 Å². The summed E-state index contributed by atoms with van der Waals surface area (Å²) in [6.07, 6.45) is 3.36. The number of ether oxygens (including phenoxy) is 2. The molecule has 1 fully saturated rings. The number of hydrogen-bond donors (Lipinski definition) is 0. The highest BCUT2D eigenvalue weighted by atomic mass is 79.9. The number of hydrogen-bond acceptors (Lipinski definition) is 4. The zero-order valence-corrected chi connectivity index (χ0v) is 11.9. The number of nitrogens with zero attached hydrogens (tertiary/aromatic N) is 1. The van der Waals surface area contributed by atoms with E-state index >= 15 is 0 Å². The van der Waals surface area contributed by atoms with Gasteiger partial charge in [0, 0.05) is 11.6 Å². The third kappa shape index (κ3) is 2.28. The van der Waals surface area contributed by atoms with Gasteiger partial charge in [-0.05, 0) is 41.8 Å². The van der Waals surface area contributed by atoms with Crippen LogP contribution in [0.15, 0.2) is 21.6 Å². The molecule has 0 amide bonds. The predicted molar refractivity (Wildman–Crippen MR) is 70.9 cm³/mol. The number of methoxy groups -OCH3 is 1. The van der Waals surface area contributed by atoms with E-state index in [1.54, 1.807) is 13.2 Å².